The number of aromatic nitrogens is 3. The third-order valence-electron chi connectivity index (χ3n) is 5.68. The molecule has 3 aromatic rings. The van der Waals surface area contributed by atoms with Gasteiger partial charge in [-0.1, -0.05) is 12.1 Å². The maximum Gasteiger partial charge on any atom is 0.291 e. The predicted molar refractivity (Wildman–Crippen MR) is 121 cm³/mol. The van der Waals surface area contributed by atoms with Crippen LogP contribution in [0, 0.1) is 20.8 Å². The topological polar surface area (TPSA) is 102 Å². The number of carbonyl (C=O) groups is 2. The molecular weight excluding hydrogens is 422 g/mol. The Bertz CT molecular complexity index is 1220. The molecule has 33 heavy (non-hydrogen) atoms. The molecule has 172 valence electrons. The van der Waals surface area contributed by atoms with Gasteiger partial charge in [0.1, 0.15) is 17.4 Å². The second-order valence-corrected chi connectivity index (χ2v) is 8.17. The van der Waals surface area contributed by atoms with Crippen molar-refractivity contribution in [2.45, 2.75) is 46.7 Å². The lowest BCUT2D eigenvalue weighted by Crippen LogP contribution is -2.36. The van der Waals surface area contributed by atoms with Crippen LogP contribution in [0.2, 0.25) is 0 Å². The van der Waals surface area contributed by atoms with E-state index >= 15 is 0 Å². The Morgan fingerprint density at radius 1 is 1.15 bits per heavy atom. The molecule has 3 heterocycles. The van der Waals surface area contributed by atoms with E-state index in [1.807, 2.05) is 31.2 Å². The summed E-state index contributed by atoms with van der Waals surface area (Å²) < 4.78 is 10.8. The molecule has 0 fully saturated rings. The highest BCUT2D eigenvalue weighted by molar-refractivity contribution is 5.95. The zero-order chi connectivity index (χ0) is 23.7. The quantitative estimate of drug-likeness (QED) is 0.570. The Morgan fingerprint density at radius 2 is 1.94 bits per heavy atom. The monoisotopic (exact) mass is 449 g/mol. The van der Waals surface area contributed by atoms with Gasteiger partial charge in [-0.3, -0.25) is 14.5 Å². The molecule has 4 rings (SSSR count). The van der Waals surface area contributed by atoms with E-state index in [9.17, 15) is 9.59 Å². The van der Waals surface area contributed by atoms with Gasteiger partial charge in [0.25, 0.3) is 5.91 Å². The summed E-state index contributed by atoms with van der Waals surface area (Å²) in [6, 6.07) is 7.62. The summed E-state index contributed by atoms with van der Waals surface area (Å²) in [6.07, 6.45) is 1.00. The molecule has 0 unspecified atom stereocenters. The summed E-state index contributed by atoms with van der Waals surface area (Å²) >= 11 is 0. The summed E-state index contributed by atoms with van der Waals surface area (Å²) in [5.41, 5.74) is 3.25. The van der Waals surface area contributed by atoms with Gasteiger partial charge < -0.3 is 14.1 Å². The third kappa shape index (κ3) is 4.57. The molecule has 1 aromatic carbocycles. The Kier molecular flexibility index (Phi) is 6.13. The molecule has 9 nitrogen and oxygen atoms in total. The largest absolute Gasteiger partial charge is 0.497 e. The van der Waals surface area contributed by atoms with Gasteiger partial charge in [0.15, 0.2) is 5.89 Å². The minimum atomic E-state index is -0.295. The average molecular weight is 450 g/mol. The maximum atomic E-state index is 12.8. The lowest BCUT2D eigenvalue weighted by Gasteiger charge is -2.30. The molecule has 9 heteroatoms. The molecule has 0 bridgehead atoms. The number of rotatable bonds is 6. The van der Waals surface area contributed by atoms with Crippen LogP contribution < -0.4 is 9.64 Å². The Hall–Kier alpha value is -3.75. The molecule has 0 saturated heterocycles. The number of hydrogen-bond donors (Lipinski definition) is 0. The van der Waals surface area contributed by atoms with Gasteiger partial charge in [0.05, 0.1) is 25.9 Å². The second kappa shape index (κ2) is 9.01. The number of benzene rings is 1. The third-order valence-corrected chi connectivity index (χ3v) is 5.68. The van der Waals surface area contributed by atoms with Crippen molar-refractivity contribution in [2.24, 2.45) is 0 Å². The molecule has 0 atom stereocenters. The fraction of sp³-hybridized carbons (Fsp3) is 0.375. The summed E-state index contributed by atoms with van der Waals surface area (Å²) in [7, 11) is 3.28. The van der Waals surface area contributed by atoms with Crippen molar-refractivity contribution < 1.29 is 18.7 Å². The van der Waals surface area contributed by atoms with Crippen LogP contribution in [0.3, 0.4) is 0 Å². The van der Waals surface area contributed by atoms with E-state index < -0.39 is 0 Å². The number of ether oxygens (including phenoxy) is 1. The van der Waals surface area contributed by atoms with Crippen LogP contribution in [-0.2, 0) is 24.3 Å². The highest BCUT2D eigenvalue weighted by Crippen LogP contribution is 2.30. The van der Waals surface area contributed by atoms with Crippen LogP contribution in [0.25, 0.3) is 0 Å². The van der Waals surface area contributed by atoms with Gasteiger partial charge in [-0.15, -0.1) is 0 Å². The second-order valence-electron chi connectivity index (χ2n) is 8.17. The standard InChI is InChI=1S/C24H27N5O4/c1-14-19-9-10-21(30)29(12-17-7-6-8-18(11-17)32-5)23(19)27-20(26-14)13-28(4)24(31)22-15(2)25-16(3)33-22/h6-8,11H,9-10,12-13H2,1-5H3. The summed E-state index contributed by atoms with van der Waals surface area (Å²) in [5, 5.41) is 0. The van der Waals surface area contributed by atoms with E-state index in [4.69, 9.17) is 14.1 Å². The Morgan fingerprint density at radius 3 is 2.64 bits per heavy atom. The van der Waals surface area contributed by atoms with Gasteiger partial charge in [-0.25, -0.2) is 15.0 Å². The van der Waals surface area contributed by atoms with Crippen LogP contribution in [-0.4, -0.2) is 45.8 Å². The maximum absolute atomic E-state index is 12.8. The number of nitrogens with zero attached hydrogens (tertiary/aromatic N) is 5. The van der Waals surface area contributed by atoms with Gasteiger partial charge in [-0.05, 0) is 38.0 Å². The Labute approximate surface area is 192 Å². The normalized spacial score (nSPS) is 13.1. The molecule has 1 aliphatic heterocycles. The number of amides is 2. The van der Waals surface area contributed by atoms with Crippen molar-refractivity contribution in [1.29, 1.82) is 0 Å². The number of aryl methyl sites for hydroxylation is 3. The molecule has 0 aliphatic carbocycles. The molecular formula is C24H27N5O4. The minimum absolute atomic E-state index is 0.00607. The highest BCUT2D eigenvalue weighted by Gasteiger charge is 2.29. The first-order chi connectivity index (χ1) is 15.8. The van der Waals surface area contributed by atoms with Crippen molar-refractivity contribution in [3.8, 4) is 5.75 Å². The summed E-state index contributed by atoms with van der Waals surface area (Å²) in [4.78, 5) is 42.4. The first-order valence-electron chi connectivity index (χ1n) is 10.8. The fourth-order valence-corrected chi connectivity index (χ4v) is 4.01. The van der Waals surface area contributed by atoms with E-state index in [1.165, 1.54) is 4.90 Å². The molecule has 0 N–H and O–H groups in total. The van der Waals surface area contributed by atoms with E-state index in [-0.39, 0.29) is 24.1 Å². The van der Waals surface area contributed by atoms with Crippen LogP contribution in [0.5, 0.6) is 5.75 Å². The molecule has 2 amide bonds. The minimum Gasteiger partial charge on any atom is -0.497 e. The van der Waals surface area contributed by atoms with Crippen molar-refractivity contribution in [1.82, 2.24) is 19.9 Å². The van der Waals surface area contributed by atoms with Crippen molar-refractivity contribution in [2.75, 3.05) is 19.1 Å². The zero-order valence-electron chi connectivity index (χ0n) is 19.5. The number of carbonyl (C=O) groups excluding carboxylic acids is 2. The molecule has 1 aliphatic rings. The predicted octanol–water partition coefficient (Wildman–Crippen LogP) is 3.15. The fourth-order valence-electron chi connectivity index (χ4n) is 4.01. The number of anilines is 1. The van der Waals surface area contributed by atoms with Gasteiger partial charge in [0.2, 0.25) is 11.7 Å². The average Bonchev–Trinajstić information content (AvgIpc) is 3.13. The lowest BCUT2D eigenvalue weighted by molar-refractivity contribution is -0.119. The van der Waals surface area contributed by atoms with Crippen molar-refractivity contribution in [3.63, 3.8) is 0 Å². The van der Waals surface area contributed by atoms with Crippen molar-refractivity contribution in [3.05, 3.63) is 64.3 Å². The smallest absolute Gasteiger partial charge is 0.291 e. The number of methoxy groups -OCH3 is 1. The van der Waals surface area contributed by atoms with E-state index in [0.717, 1.165) is 22.6 Å². The summed E-state index contributed by atoms with van der Waals surface area (Å²) in [6.45, 7) is 5.90. The lowest BCUT2D eigenvalue weighted by atomic mass is 10.0. The number of oxazole rings is 1. The van der Waals surface area contributed by atoms with Gasteiger partial charge in [-0.2, -0.15) is 0 Å². The molecule has 0 saturated carbocycles. The van der Waals surface area contributed by atoms with Gasteiger partial charge >= 0.3 is 0 Å². The number of hydrogen-bond acceptors (Lipinski definition) is 7. The molecule has 0 spiro atoms. The van der Waals surface area contributed by atoms with E-state index in [2.05, 4.69) is 9.97 Å². The number of fused-ring (bicyclic) bond motifs is 1. The SMILES string of the molecule is COc1cccc(CN2C(=O)CCc3c(C)nc(CN(C)C(=O)c4oc(C)nc4C)nc32)c1. The van der Waals surface area contributed by atoms with E-state index in [1.54, 1.807) is 32.9 Å². The van der Waals surface area contributed by atoms with Gasteiger partial charge in [0, 0.05) is 31.6 Å². The summed E-state index contributed by atoms with van der Waals surface area (Å²) in [5.74, 6) is 2.15. The first kappa shape index (κ1) is 22.4. The first-order valence-corrected chi connectivity index (χ1v) is 10.8. The Balaban J connectivity index is 1.62. The zero-order valence-corrected chi connectivity index (χ0v) is 19.5. The van der Waals surface area contributed by atoms with Crippen LogP contribution >= 0.6 is 0 Å². The molecule has 0 radical (unpaired) electrons. The highest BCUT2D eigenvalue weighted by atomic mass is 16.5. The van der Waals surface area contributed by atoms with Crippen LogP contribution in [0.4, 0.5) is 5.82 Å². The van der Waals surface area contributed by atoms with Crippen molar-refractivity contribution >= 4 is 17.6 Å². The van der Waals surface area contributed by atoms with Crippen LogP contribution in [0.1, 0.15) is 51.2 Å². The molecule has 2 aromatic heterocycles. The van der Waals surface area contributed by atoms with E-state index in [0.29, 0.717) is 42.6 Å². The van der Waals surface area contributed by atoms with Crippen LogP contribution in [0.15, 0.2) is 28.7 Å².